The van der Waals surface area contributed by atoms with Gasteiger partial charge in [-0.3, -0.25) is 0 Å². The van der Waals surface area contributed by atoms with Gasteiger partial charge in [0.1, 0.15) is 11.9 Å². The molecule has 1 heterocycles. The highest BCUT2D eigenvalue weighted by Crippen LogP contribution is 2.15. The van der Waals surface area contributed by atoms with Crippen LogP contribution in [0.5, 0.6) is 0 Å². The summed E-state index contributed by atoms with van der Waals surface area (Å²) in [4.78, 5) is 11.8. The Bertz CT molecular complexity index is 411. The first kappa shape index (κ1) is 12.0. The van der Waals surface area contributed by atoms with Crippen LogP contribution in [0.3, 0.4) is 0 Å². The Kier molecular flexibility index (Phi) is 3.74. The first-order chi connectivity index (χ1) is 8.16. The van der Waals surface area contributed by atoms with Gasteiger partial charge in [-0.25, -0.2) is 9.18 Å². The third-order valence-electron chi connectivity index (χ3n) is 2.84. The molecule has 3 nitrogen and oxygen atoms in total. The zero-order valence-corrected chi connectivity index (χ0v) is 9.74. The monoisotopic (exact) mass is 238 g/mol. The fraction of sp³-hybridized carbons (Fsp3) is 0.462. The molecule has 1 aromatic carbocycles. The Balaban J connectivity index is 2.01. The molecule has 1 fully saturated rings. The van der Waals surface area contributed by atoms with Gasteiger partial charge in [-0.1, -0.05) is 0 Å². The Morgan fingerprint density at radius 3 is 2.76 bits per heavy atom. The van der Waals surface area contributed by atoms with Crippen LogP contribution in [0.4, 0.5) is 4.39 Å². The minimum absolute atomic E-state index is 0.0818. The summed E-state index contributed by atoms with van der Waals surface area (Å²) in [6.07, 6.45) is 1.37. The molecular weight excluding hydrogens is 223 g/mol. The zero-order chi connectivity index (χ0) is 12.3. The second-order valence-electron chi connectivity index (χ2n) is 4.18. The standard InChI is InChI=1S/C13H15FO3/c1-9-8-10(2-3-12(9)14)13(15)17-11-4-6-16-7-5-11/h2-3,8,11H,4-7H2,1H3. The molecule has 1 aromatic rings. The number of carbonyl (C=O) groups excluding carboxylic acids is 1. The first-order valence-corrected chi connectivity index (χ1v) is 5.71. The average Bonchev–Trinajstić information content (AvgIpc) is 2.34. The van der Waals surface area contributed by atoms with Crippen molar-refractivity contribution in [2.45, 2.75) is 25.9 Å². The molecule has 0 aliphatic carbocycles. The van der Waals surface area contributed by atoms with Gasteiger partial charge in [0.15, 0.2) is 0 Å². The van der Waals surface area contributed by atoms with Crippen LogP contribution in [0.1, 0.15) is 28.8 Å². The Morgan fingerprint density at radius 1 is 1.41 bits per heavy atom. The van der Waals surface area contributed by atoms with E-state index in [2.05, 4.69) is 0 Å². The largest absolute Gasteiger partial charge is 0.459 e. The van der Waals surface area contributed by atoms with Gasteiger partial charge in [-0.15, -0.1) is 0 Å². The van der Waals surface area contributed by atoms with E-state index >= 15 is 0 Å². The molecule has 1 saturated heterocycles. The molecule has 0 N–H and O–H groups in total. The first-order valence-electron chi connectivity index (χ1n) is 5.71. The van der Waals surface area contributed by atoms with Crippen molar-refractivity contribution in [3.05, 3.63) is 35.1 Å². The molecule has 4 heteroatoms. The van der Waals surface area contributed by atoms with E-state index in [1.807, 2.05) is 0 Å². The molecule has 0 saturated carbocycles. The number of ether oxygens (including phenoxy) is 2. The highest BCUT2D eigenvalue weighted by molar-refractivity contribution is 5.89. The minimum Gasteiger partial charge on any atom is -0.459 e. The van der Waals surface area contributed by atoms with Crippen LogP contribution in [0.25, 0.3) is 0 Å². The van der Waals surface area contributed by atoms with Crippen LogP contribution in [-0.2, 0) is 9.47 Å². The summed E-state index contributed by atoms with van der Waals surface area (Å²) in [5.41, 5.74) is 0.849. The second kappa shape index (κ2) is 5.27. The van der Waals surface area contributed by atoms with Crippen molar-refractivity contribution < 1.29 is 18.7 Å². The van der Waals surface area contributed by atoms with Crippen LogP contribution in [0.15, 0.2) is 18.2 Å². The Labute approximate surface area is 99.5 Å². The lowest BCUT2D eigenvalue weighted by atomic mass is 10.1. The number of esters is 1. The lowest BCUT2D eigenvalue weighted by Crippen LogP contribution is -2.26. The summed E-state index contributed by atoms with van der Waals surface area (Å²) in [7, 11) is 0. The number of carbonyl (C=O) groups is 1. The molecule has 0 bridgehead atoms. The van der Waals surface area contributed by atoms with Crippen molar-refractivity contribution in [2.24, 2.45) is 0 Å². The number of aryl methyl sites for hydroxylation is 1. The topological polar surface area (TPSA) is 35.5 Å². The van der Waals surface area contributed by atoms with Crippen molar-refractivity contribution >= 4 is 5.97 Å². The second-order valence-corrected chi connectivity index (χ2v) is 4.18. The van der Waals surface area contributed by atoms with Crippen LogP contribution < -0.4 is 0 Å². The predicted octanol–water partition coefficient (Wildman–Crippen LogP) is 2.47. The van der Waals surface area contributed by atoms with E-state index in [9.17, 15) is 9.18 Å². The zero-order valence-electron chi connectivity index (χ0n) is 9.74. The summed E-state index contributed by atoms with van der Waals surface area (Å²) >= 11 is 0. The van der Waals surface area contributed by atoms with Crippen molar-refractivity contribution in [2.75, 3.05) is 13.2 Å². The molecule has 1 aliphatic rings. The summed E-state index contributed by atoms with van der Waals surface area (Å²) in [5.74, 6) is -0.701. The van der Waals surface area contributed by atoms with Gasteiger partial charge < -0.3 is 9.47 Å². The van der Waals surface area contributed by atoms with Crippen LogP contribution in [-0.4, -0.2) is 25.3 Å². The highest BCUT2D eigenvalue weighted by atomic mass is 19.1. The average molecular weight is 238 g/mol. The molecular formula is C13H15FO3. The lowest BCUT2D eigenvalue weighted by molar-refractivity contribution is -0.0159. The maximum absolute atomic E-state index is 13.1. The third-order valence-corrected chi connectivity index (χ3v) is 2.84. The maximum atomic E-state index is 13.1. The Morgan fingerprint density at radius 2 is 2.12 bits per heavy atom. The fourth-order valence-electron chi connectivity index (χ4n) is 1.78. The molecule has 0 aromatic heterocycles. The number of benzene rings is 1. The number of hydrogen-bond acceptors (Lipinski definition) is 3. The lowest BCUT2D eigenvalue weighted by Gasteiger charge is -2.22. The van der Waals surface area contributed by atoms with Gasteiger partial charge in [0.05, 0.1) is 18.8 Å². The fourth-order valence-corrected chi connectivity index (χ4v) is 1.78. The summed E-state index contributed by atoms with van der Waals surface area (Å²) < 4.78 is 23.6. The van der Waals surface area contributed by atoms with Gasteiger partial charge in [-0.2, -0.15) is 0 Å². The smallest absolute Gasteiger partial charge is 0.338 e. The van der Waals surface area contributed by atoms with Gasteiger partial charge in [-0.05, 0) is 30.7 Å². The molecule has 92 valence electrons. The van der Waals surface area contributed by atoms with E-state index < -0.39 is 0 Å². The van der Waals surface area contributed by atoms with Gasteiger partial charge >= 0.3 is 5.97 Å². The highest BCUT2D eigenvalue weighted by Gasteiger charge is 2.19. The SMILES string of the molecule is Cc1cc(C(=O)OC2CCOCC2)ccc1F. The van der Waals surface area contributed by atoms with Gasteiger partial charge in [0.25, 0.3) is 0 Å². The van der Waals surface area contributed by atoms with Crippen molar-refractivity contribution in [1.82, 2.24) is 0 Å². The predicted molar refractivity (Wildman–Crippen MR) is 60.4 cm³/mol. The van der Waals surface area contributed by atoms with E-state index in [0.717, 1.165) is 12.8 Å². The third kappa shape index (κ3) is 3.03. The van der Waals surface area contributed by atoms with Crippen LogP contribution >= 0.6 is 0 Å². The number of rotatable bonds is 2. The van der Waals surface area contributed by atoms with Gasteiger partial charge in [0.2, 0.25) is 0 Å². The van der Waals surface area contributed by atoms with Crippen molar-refractivity contribution in [3.63, 3.8) is 0 Å². The van der Waals surface area contributed by atoms with Gasteiger partial charge in [0, 0.05) is 12.8 Å². The molecule has 1 aliphatic heterocycles. The molecule has 0 unspecified atom stereocenters. The number of hydrogen-bond donors (Lipinski definition) is 0. The number of halogens is 1. The minimum atomic E-state index is -0.389. The molecule has 0 radical (unpaired) electrons. The summed E-state index contributed by atoms with van der Waals surface area (Å²) in [5, 5.41) is 0. The van der Waals surface area contributed by atoms with E-state index in [4.69, 9.17) is 9.47 Å². The van der Waals surface area contributed by atoms with Crippen LogP contribution in [0.2, 0.25) is 0 Å². The Hall–Kier alpha value is -1.42. The maximum Gasteiger partial charge on any atom is 0.338 e. The molecule has 2 rings (SSSR count). The summed E-state index contributed by atoms with van der Waals surface area (Å²) in [6.45, 7) is 2.88. The van der Waals surface area contributed by atoms with E-state index in [1.165, 1.54) is 18.2 Å². The van der Waals surface area contributed by atoms with E-state index in [0.29, 0.717) is 24.3 Å². The van der Waals surface area contributed by atoms with Crippen LogP contribution in [0, 0.1) is 12.7 Å². The molecule has 17 heavy (non-hydrogen) atoms. The van der Waals surface area contributed by atoms with Crippen molar-refractivity contribution in [1.29, 1.82) is 0 Å². The quantitative estimate of drug-likeness (QED) is 0.742. The normalized spacial score (nSPS) is 16.8. The molecule has 0 spiro atoms. The molecule has 0 amide bonds. The van der Waals surface area contributed by atoms with E-state index in [1.54, 1.807) is 6.92 Å². The van der Waals surface area contributed by atoms with E-state index in [-0.39, 0.29) is 17.9 Å². The molecule has 0 atom stereocenters. The van der Waals surface area contributed by atoms with Crippen molar-refractivity contribution in [3.8, 4) is 0 Å². The summed E-state index contributed by atoms with van der Waals surface area (Å²) in [6, 6.07) is 4.25.